The van der Waals surface area contributed by atoms with Crippen molar-refractivity contribution in [2.24, 2.45) is 5.73 Å². The van der Waals surface area contributed by atoms with Gasteiger partial charge in [0.1, 0.15) is 10.8 Å². The van der Waals surface area contributed by atoms with Gasteiger partial charge in [-0.3, -0.25) is 9.59 Å². The van der Waals surface area contributed by atoms with E-state index in [0.717, 1.165) is 10.4 Å². The standard InChI is InChI=1S/C22H18BrFN4O2S2/c23-14-6-2-1-5-12(14)20(30)27-21-18(19(25)29)13-9-10-28(11-17(13)32-21)22(31)26-16-8-4-3-7-15(16)24/h1-8H,9-11H2,(H2,25,29)(H,26,31)(H,27,30). The normalized spacial score (nSPS) is 12.8. The second kappa shape index (κ2) is 9.35. The number of hydrogen-bond acceptors (Lipinski definition) is 4. The van der Waals surface area contributed by atoms with Gasteiger partial charge in [0.15, 0.2) is 5.11 Å². The number of fused-ring (bicyclic) bond motifs is 1. The zero-order chi connectivity index (χ0) is 22.8. The maximum absolute atomic E-state index is 14.0. The first-order valence-corrected chi connectivity index (χ1v) is 11.7. The molecule has 0 fully saturated rings. The first kappa shape index (κ1) is 22.4. The Morgan fingerprint density at radius 2 is 1.84 bits per heavy atom. The van der Waals surface area contributed by atoms with E-state index >= 15 is 0 Å². The van der Waals surface area contributed by atoms with Crippen molar-refractivity contribution in [2.45, 2.75) is 13.0 Å². The van der Waals surface area contributed by atoms with E-state index in [1.807, 2.05) is 11.0 Å². The van der Waals surface area contributed by atoms with Crippen LogP contribution in [0.4, 0.5) is 15.1 Å². The second-order valence-electron chi connectivity index (χ2n) is 7.09. The molecule has 6 nitrogen and oxygen atoms in total. The van der Waals surface area contributed by atoms with E-state index in [1.54, 1.807) is 36.4 Å². The average molecular weight is 533 g/mol. The van der Waals surface area contributed by atoms with Crippen LogP contribution in [-0.2, 0) is 13.0 Å². The number of thiocarbonyl (C=S) groups is 1. The van der Waals surface area contributed by atoms with Crippen LogP contribution in [0.3, 0.4) is 0 Å². The van der Waals surface area contributed by atoms with E-state index in [-0.39, 0.29) is 5.91 Å². The molecule has 164 valence electrons. The molecule has 1 aromatic heterocycles. The van der Waals surface area contributed by atoms with Gasteiger partial charge < -0.3 is 21.3 Å². The van der Waals surface area contributed by atoms with Crippen LogP contribution >= 0.6 is 39.5 Å². The van der Waals surface area contributed by atoms with Crippen LogP contribution in [0.25, 0.3) is 0 Å². The highest BCUT2D eigenvalue weighted by molar-refractivity contribution is 9.10. The van der Waals surface area contributed by atoms with Crippen molar-refractivity contribution < 1.29 is 14.0 Å². The molecule has 1 aliphatic heterocycles. The van der Waals surface area contributed by atoms with E-state index in [2.05, 4.69) is 26.6 Å². The molecule has 2 heterocycles. The number of rotatable bonds is 4. The summed E-state index contributed by atoms with van der Waals surface area (Å²) < 4.78 is 14.6. The number of para-hydroxylation sites is 1. The Labute approximate surface area is 201 Å². The summed E-state index contributed by atoms with van der Waals surface area (Å²) in [6.07, 6.45) is 0.522. The van der Waals surface area contributed by atoms with Crippen LogP contribution in [0.15, 0.2) is 53.0 Å². The molecule has 0 saturated heterocycles. The summed E-state index contributed by atoms with van der Waals surface area (Å²) >= 11 is 10.1. The predicted octanol–water partition coefficient (Wildman–Crippen LogP) is 4.76. The van der Waals surface area contributed by atoms with Gasteiger partial charge in [0.25, 0.3) is 11.8 Å². The number of halogens is 2. The van der Waals surface area contributed by atoms with E-state index < -0.39 is 11.7 Å². The Balaban J connectivity index is 1.56. The first-order chi connectivity index (χ1) is 15.3. The van der Waals surface area contributed by atoms with E-state index in [0.29, 0.717) is 50.9 Å². The van der Waals surface area contributed by atoms with Crippen LogP contribution in [0.2, 0.25) is 0 Å². The van der Waals surface area contributed by atoms with Gasteiger partial charge in [-0.2, -0.15) is 0 Å². The number of carbonyl (C=O) groups is 2. The topological polar surface area (TPSA) is 87.5 Å². The predicted molar refractivity (Wildman–Crippen MR) is 132 cm³/mol. The largest absolute Gasteiger partial charge is 0.365 e. The summed E-state index contributed by atoms with van der Waals surface area (Å²) in [4.78, 5) is 27.7. The van der Waals surface area contributed by atoms with Gasteiger partial charge >= 0.3 is 0 Å². The molecule has 0 saturated carbocycles. The molecule has 10 heteroatoms. The maximum Gasteiger partial charge on any atom is 0.257 e. The van der Waals surface area contributed by atoms with Gasteiger partial charge in [0, 0.05) is 15.9 Å². The molecule has 1 aliphatic rings. The lowest BCUT2D eigenvalue weighted by atomic mass is 10.0. The Morgan fingerprint density at radius 1 is 1.12 bits per heavy atom. The fraction of sp³-hybridized carbons (Fsp3) is 0.136. The van der Waals surface area contributed by atoms with Gasteiger partial charge in [-0.25, -0.2) is 4.39 Å². The van der Waals surface area contributed by atoms with Crippen LogP contribution in [0.5, 0.6) is 0 Å². The van der Waals surface area contributed by atoms with Crippen molar-refractivity contribution in [3.8, 4) is 0 Å². The summed E-state index contributed by atoms with van der Waals surface area (Å²) in [5.41, 5.74) is 7.55. The van der Waals surface area contributed by atoms with E-state index in [9.17, 15) is 14.0 Å². The smallest absolute Gasteiger partial charge is 0.257 e. The van der Waals surface area contributed by atoms with Crippen molar-refractivity contribution in [3.05, 3.63) is 80.4 Å². The lowest BCUT2D eigenvalue weighted by Crippen LogP contribution is -2.38. The SMILES string of the molecule is NC(=O)c1c(NC(=O)c2ccccc2Br)sc2c1CCN(C(=S)Nc1ccccc1F)C2. The zero-order valence-corrected chi connectivity index (χ0v) is 19.9. The minimum Gasteiger partial charge on any atom is -0.365 e. The summed E-state index contributed by atoms with van der Waals surface area (Å²) in [6.45, 7) is 0.952. The average Bonchev–Trinajstić information content (AvgIpc) is 3.12. The molecular weight excluding hydrogens is 515 g/mol. The number of nitrogens with zero attached hydrogens (tertiary/aromatic N) is 1. The van der Waals surface area contributed by atoms with Gasteiger partial charge in [0.2, 0.25) is 0 Å². The van der Waals surface area contributed by atoms with Crippen molar-refractivity contribution in [2.75, 3.05) is 17.2 Å². The number of amides is 2. The number of nitrogens with two attached hydrogens (primary N) is 1. The number of nitrogens with one attached hydrogen (secondary N) is 2. The first-order valence-electron chi connectivity index (χ1n) is 9.66. The molecule has 32 heavy (non-hydrogen) atoms. The third-order valence-corrected chi connectivity index (χ3v) is 7.24. The summed E-state index contributed by atoms with van der Waals surface area (Å²) in [6, 6.07) is 13.3. The lowest BCUT2D eigenvalue weighted by molar-refractivity contribution is 0.1000. The van der Waals surface area contributed by atoms with Crippen molar-refractivity contribution >= 4 is 67.1 Å². The number of benzene rings is 2. The van der Waals surface area contributed by atoms with E-state index in [1.165, 1.54) is 17.4 Å². The van der Waals surface area contributed by atoms with Crippen LogP contribution in [-0.4, -0.2) is 28.4 Å². The molecule has 3 aromatic rings. The lowest BCUT2D eigenvalue weighted by Gasteiger charge is -2.29. The van der Waals surface area contributed by atoms with E-state index in [4.69, 9.17) is 18.0 Å². The Morgan fingerprint density at radius 3 is 2.56 bits per heavy atom. The summed E-state index contributed by atoms with van der Waals surface area (Å²) in [7, 11) is 0. The Hall–Kier alpha value is -2.82. The maximum atomic E-state index is 14.0. The number of primary amides is 1. The highest BCUT2D eigenvalue weighted by atomic mass is 79.9. The fourth-order valence-electron chi connectivity index (χ4n) is 3.50. The highest BCUT2D eigenvalue weighted by Gasteiger charge is 2.29. The van der Waals surface area contributed by atoms with Gasteiger partial charge in [-0.15, -0.1) is 11.3 Å². The minimum absolute atomic E-state index is 0.300. The molecule has 0 unspecified atom stereocenters. The Kier molecular flexibility index (Phi) is 6.54. The molecule has 4 rings (SSSR count). The van der Waals surface area contributed by atoms with Crippen LogP contribution in [0.1, 0.15) is 31.2 Å². The second-order valence-corrected chi connectivity index (χ2v) is 9.43. The van der Waals surface area contributed by atoms with Crippen molar-refractivity contribution in [1.29, 1.82) is 0 Å². The molecule has 2 amide bonds. The number of carbonyl (C=O) groups excluding carboxylic acids is 2. The monoisotopic (exact) mass is 532 g/mol. The molecule has 2 aromatic carbocycles. The van der Waals surface area contributed by atoms with Gasteiger partial charge in [0.05, 0.1) is 23.4 Å². The van der Waals surface area contributed by atoms with Crippen LogP contribution in [0, 0.1) is 5.82 Å². The van der Waals surface area contributed by atoms with Crippen molar-refractivity contribution in [1.82, 2.24) is 4.90 Å². The quantitative estimate of drug-likeness (QED) is 0.422. The number of thiophene rings is 1. The van der Waals surface area contributed by atoms with Crippen molar-refractivity contribution in [3.63, 3.8) is 0 Å². The fourth-order valence-corrected chi connectivity index (χ4v) is 5.49. The molecular formula is C22H18BrFN4O2S2. The number of hydrogen-bond donors (Lipinski definition) is 3. The summed E-state index contributed by atoms with van der Waals surface area (Å²) in [5, 5.41) is 6.56. The molecule has 0 spiro atoms. The summed E-state index contributed by atoms with van der Waals surface area (Å²) in [5.74, 6) is -1.32. The number of anilines is 2. The highest BCUT2D eigenvalue weighted by Crippen LogP contribution is 2.37. The van der Waals surface area contributed by atoms with Gasteiger partial charge in [-0.1, -0.05) is 24.3 Å². The zero-order valence-electron chi connectivity index (χ0n) is 16.7. The third kappa shape index (κ3) is 4.52. The van der Waals surface area contributed by atoms with Gasteiger partial charge in [-0.05, 0) is 64.4 Å². The third-order valence-electron chi connectivity index (χ3n) is 5.05. The minimum atomic E-state index is -0.592. The molecule has 4 N–H and O–H groups in total. The molecule has 0 bridgehead atoms. The Bertz CT molecular complexity index is 1230. The molecule has 0 radical (unpaired) electrons. The molecule has 0 aliphatic carbocycles. The molecule has 0 atom stereocenters. The van der Waals surface area contributed by atoms with Crippen LogP contribution < -0.4 is 16.4 Å².